The van der Waals surface area contributed by atoms with Crippen molar-refractivity contribution < 1.29 is 14.3 Å². The number of rotatable bonds is 4. The van der Waals surface area contributed by atoms with Gasteiger partial charge in [-0.1, -0.05) is 28.1 Å². The summed E-state index contributed by atoms with van der Waals surface area (Å²) < 4.78 is 4.02. The van der Waals surface area contributed by atoms with Gasteiger partial charge in [0.2, 0.25) is 5.91 Å². The first-order valence-electron chi connectivity index (χ1n) is 5.49. The molecule has 0 unspecified atom stereocenters. The molecule has 98 valence electrons. The van der Waals surface area contributed by atoms with Gasteiger partial charge in [-0.25, -0.2) is 4.79 Å². The normalized spacial score (nSPS) is 10.9. The highest BCUT2D eigenvalue weighted by Crippen LogP contribution is 2.15. The zero-order valence-corrected chi connectivity index (χ0v) is 12.2. The van der Waals surface area contributed by atoms with Gasteiger partial charge in [0.25, 0.3) is 0 Å². The minimum Gasteiger partial charge on any atom is -0.465 e. The second kappa shape index (κ2) is 6.00. The van der Waals surface area contributed by atoms with Crippen molar-refractivity contribution in [2.24, 2.45) is 0 Å². The molecule has 0 heterocycles. The van der Waals surface area contributed by atoms with Crippen LogP contribution in [0.15, 0.2) is 24.3 Å². The van der Waals surface area contributed by atoms with Crippen molar-refractivity contribution >= 4 is 27.8 Å². The SMILES string of the molecule is COC(=O)c1ccc(CNC(=O)C(C)(C)Br)cc1. The molecule has 0 radical (unpaired) electrons. The largest absolute Gasteiger partial charge is 0.465 e. The molecule has 0 aliphatic heterocycles. The van der Waals surface area contributed by atoms with Gasteiger partial charge in [-0.2, -0.15) is 0 Å². The van der Waals surface area contributed by atoms with Gasteiger partial charge in [0.05, 0.1) is 17.0 Å². The van der Waals surface area contributed by atoms with Crippen LogP contribution < -0.4 is 5.32 Å². The summed E-state index contributed by atoms with van der Waals surface area (Å²) in [6.07, 6.45) is 0. The molecule has 0 atom stereocenters. The van der Waals surface area contributed by atoms with Crippen LogP contribution >= 0.6 is 15.9 Å². The van der Waals surface area contributed by atoms with Gasteiger partial charge in [0.15, 0.2) is 0 Å². The molecule has 18 heavy (non-hydrogen) atoms. The lowest BCUT2D eigenvalue weighted by Gasteiger charge is -2.15. The highest BCUT2D eigenvalue weighted by Gasteiger charge is 2.22. The van der Waals surface area contributed by atoms with E-state index in [1.54, 1.807) is 38.1 Å². The number of amides is 1. The molecule has 0 saturated carbocycles. The third kappa shape index (κ3) is 4.14. The van der Waals surface area contributed by atoms with E-state index >= 15 is 0 Å². The van der Waals surface area contributed by atoms with E-state index in [2.05, 4.69) is 26.0 Å². The maximum absolute atomic E-state index is 11.6. The molecule has 0 aliphatic carbocycles. The van der Waals surface area contributed by atoms with Crippen molar-refractivity contribution in [2.45, 2.75) is 24.7 Å². The molecule has 0 aliphatic rings. The Labute approximate surface area is 115 Å². The summed E-state index contributed by atoms with van der Waals surface area (Å²) in [4.78, 5) is 22.9. The third-order valence-corrected chi connectivity index (χ3v) is 2.73. The first kappa shape index (κ1) is 14.7. The van der Waals surface area contributed by atoms with Crippen molar-refractivity contribution in [1.82, 2.24) is 5.32 Å². The molecule has 1 aromatic rings. The molecule has 4 nitrogen and oxygen atoms in total. The fraction of sp³-hybridized carbons (Fsp3) is 0.385. The Kier molecular flexibility index (Phi) is 4.90. The number of esters is 1. The monoisotopic (exact) mass is 313 g/mol. The third-order valence-electron chi connectivity index (χ3n) is 2.37. The number of hydrogen-bond donors (Lipinski definition) is 1. The minimum absolute atomic E-state index is 0.0838. The standard InChI is InChI=1S/C13H16BrNO3/c1-13(2,14)12(17)15-8-9-4-6-10(7-5-9)11(16)18-3/h4-7H,8H2,1-3H3,(H,15,17). The van der Waals surface area contributed by atoms with E-state index in [1.807, 2.05) is 0 Å². The van der Waals surface area contributed by atoms with Crippen LogP contribution in [0.2, 0.25) is 0 Å². The summed E-state index contributed by atoms with van der Waals surface area (Å²) in [5, 5.41) is 2.80. The van der Waals surface area contributed by atoms with Gasteiger partial charge < -0.3 is 10.1 Å². The number of carbonyl (C=O) groups is 2. The van der Waals surface area contributed by atoms with Crippen LogP contribution in [0.1, 0.15) is 29.8 Å². The lowest BCUT2D eigenvalue weighted by atomic mass is 10.1. The van der Waals surface area contributed by atoms with Gasteiger partial charge in [-0.15, -0.1) is 0 Å². The van der Waals surface area contributed by atoms with E-state index in [4.69, 9.17) is 0 Å². The average Bonchev–Trinajstić information content (AvgIpc) is 2.34. The van der Waals surface area contributed by atoms with E-state index in [-0.39, 0.29) is 11.9 Å². The summed E-state index contributed by atoms with van der Waals surface area (Å²) in [6.45, 7) is 3.99. The number of carbonyl (C=O) groups excluding carboxylic acids is 2. The number of alkyl halides is 1. The van der Waals surface area contributed by atoms with Crippen LogP contribution in [0.4, 0.5) is 0 Å². The predicted molar refractivity (Wildman–Crippen MR) is 72.6 cm³/mol. The number of methoxy groups -OCH3 is 1. The second-order valence-electron chi connectivity index (χ2n) is 4.34. The first-order chi connectivity index (χ1) is 8.34. The molecule has 1 rings (SSSR count). The van der Waals surface area contributed by atoms with Gasteiger partial charge in [-0.3, -0.25) is 4.79 Å². The van der Waals surface area contributed by atoms with Crippen LogP contribution in [0.25, 0.3) is 0 Å². The quantitative estimate of drug-likeness (QED) is 0.685. The Morgan fingerprint density at radius 1 is 1.28 bits per heavy atom. The fourth-order valence-corrected chi connectivity index (χ4v) is 1.41. The van der Waals surface area contributed by atoms with Gasteiger partial charge in [-0.05, 0) is 31.5 Å². The summed E-state index contributed by atoms with van der Waals surface area (Å²) in [5.74, 6) is -0.452. The minimum atomic E-state index is -0.584. The van der Waals surface area contributed by atoms with Gasteiger partial charge in [0, 0.05) is 6.54 Å². The smallest absolute Gasteiger partial charge is 0.337 e. The molecule has 5 heteroatoms. The van der Waals surface area contributed by atoms with Crippen molar-refractivity contribution in [2.75, 3.05) is 7.11 Å². The van der Waals surface area contributed by atoms with Crippen molar-refractivity contribution in [1.29, 1.82) is 0 Å². The van der Waals surface area contributed by atoms with Crippen LogP contribution in [0, 0.1) is 0 Å². The zero-order valence-electron chi connectivity index (χ0n) is 10.6. The maximum atomic E-state index is 11.6. The summed E-state index contributed by atoms with van der Waals surface area (Å²) in [5.41, 5.74) is 1.42. The van der Waals surface area contributed by atoms with E-state index in [9.17, 15) is 9.59 Å². The van der Waals surface area contributed by atoms with Gasteiger partial charge >= 0.3 is 5.97 Å². The van der Waals surface area contributed by atoms with E-state index < -0.39 is 4.32 Å². The Bertz CT molecular complexity index is 435. The Balaban J connectivity index is 2.60. The Morgan fingerprint density at radius 2 is 1.83 bits per heavy atom. The number of ether oxygens (including phenoxy) is 1. The van der Waals surface area contributed by atoms with E-state index in [1.165, 1.54) is 7.11 Å². The molecule has 1 aromatic carbocycles. The summed E-state index contributed by atoms with van der Waals surface area (Å²) in [6, 6.07) is 6.92. The molecule has 0 bridgehead atoms. The van der Waals surface area contributed by atoms with Gasteiger partial charge in [0.1, 0.15) is 0 Å². The predicted octanol–water partition coefficient (Wildman–Crippen LogP) is 2.26. The Morgan fingerprint density at radius 3 is 2.28 bits per heavy atom. The number of halogens is 1. The van der Waals surface area contributed by atoms with Crippen LogP contribution in [-0.4, -0.2) is 23.3 Å². The van der Waals surface area contributed by atoms with E-state index in [0.29, 0.717) is 12.1 Å². The lowest BCUT2D eigenvalue weighted by molar-refractivity contribution is -0.122. The summed E-state index contributed by atoms with van der Waals surface area (Å²) in [7, 11) is 1.34. The number of benzene rings is 1. The topological polar surface area (TPSA) is 55.4 Å². The molecule has 0 saturated heterocycles. The fourth-order valence-electron chi connectivity index (χ4n) is 1.27. The molecule has 0 aromatic heterocycles. The first-order valence-corrected chi connectivity index (χ1v) is 6.28. The van der Waals surface area contributed by atoms with Crippen LogP contribution in [0.5, 0.6) is 0 Å². The molecule has 1 N–H and O–H groups in total. The maximum Gasteiger partial charge on any atom is 0.337 e. The summed E-state index contributed by atoms with van der Waals surface area (Å²) >= 11 is 3.28. The molecular weight excluding hydrogens is 298 g/mol. The van der Waals surface area contributed by atoms with Crippen LogP contribution in [-0.2, 0) is 16.1 Å². The second-order valence-corrected chi connectivity index (χ2v) is 6.33. The molecule has 0 fully saturated rings. The highest BCUT2D eigenvalue weighted by molar-refractivity contribution is 9.10. The number of nitrogens with one attached hydrogen (secondary N) is 1. The highest BCUT2D eigenvalue weighted by atomic mass is 79.9. The van der Waals surface area contributed by atoms with Crippen molar-refractivity contribution in [3.8, 4) is 0 Å². The molecule has 1 amide bonds. The van der Waals surface area contributed by atoms with Crippen molar-refractivity contribution in [3.63, 3.8) is 0 Å². The molecule has 0 spiro atoms. The lowest BCUT2D eigenvalue weighted by Crippen LogP contribution is -2.37. The van der Waals surface area contributed by atoms with Crippen molar-refractivity contribution in [3.05, 3.63) is 35.4 Å². The number of hydrogen-bond acceptors (Lipinski definition) is 3. The van der Waals surface area contributed by atoms with E-state index in [0.717, 1.165) is 5.56 Å². The zero-order chi connectivity index (χ0) is 13.8. The molecular formula is C13H16BrNO3. The average molecular weight is 314 g/mol. The Hall–Kier alpha value is -1.36. The van der Waals surface area contributed by atoms with Crippen LogP contribution in [0.3, 0.4) is 0 Å².